The molecule has 0 spiro atoms. The van der Waals surface area contributed by atoms with E-state index >= 15 is 0 Å². The highest BCUT2D eigenvalue weighted by Gasteiger charge is 2.11. The van der Waals surface area contributed by atoms with Crippen LogP contribution in [-0.4, -0.2) is 0 Å². The highest BCUT2D eigenvalue weighted by Crippen LogP contribution is 2.27. The fourth-order valence-corrected chi connectivity index (χ4v) is 4.74. The first-order chi connectivity index (χ1) is 32.7. The van der Waals surface area contributed by atoms with Crippen molar-refractivity contribution in [2.45, 2.75) is 346 Å². The monoisotopic (exact) mass is 871 g/mol. The van der Waals surface area contributed by atoms with Crippen LogP contribution < -0.4 is 0 Å². The minimum atomic E-state index is -1.06. The van der Waals surface area contributed by atoms with E-state index in [1.54, 1.807) is 34.6 Å². The zero-order valence-electron chi connectivity index (χ0n) is 61.3. The van der Waals surface area contributed by atoms with Gasteiger partial charge in [0.2, 0.25) is 0 Å². The molecule has 0 heteroatoms. The standard InChI is InChI=1S/C8H16.2C7H14.C6H12.C6H14.C5H12.4C4H10.C3H8.C2H6/c1-2-8-6-4-3-5-7-8;1-7-5-3-2-4-6-7;1-2-7-5-3-4-6-7;1-6-4-2-3-5-6;1-5-6(2,3)4;1-4-5(2)3;2*1-4(2)3;2*1-3-4-2;1-3-2;1-2/h8H,2-7H2,1H3;2*7H,2-6H2,1H3;6H,2-5H2,1H3;5H2,1-4H3;5H,4H2,1-3H3;2*4H,1-3H3;2*3-4H2,1-2H3;3H2,1-2H3;1-2H3/i2D2;7D;2D2;6D;5D2;4D2;2*4D;3D2;;;. The van der Waals surface area contributed by atoms with Gasteiger partial charge in [-0.1, -0.05) is 346 Å². The molecule has 376 valence electrons. The van der Waals surface area contributed by atoms with E-state index in [-0.39, 0.29) is 34.9 Å². The molecular formula is C60H136. The van der Waals surface area contributed by atoms with E-state index in [4.69, 9.17) is 19.2 Å². The number of hydrogen-bond donors (Lipinski definition) is 0. The Bertz CT molecular complexity index is 1080. The molecule has 0 unspecified atom stereocenters. The summed E-state index contributed by atoms with van der Waals surface area (Å²) in [6.07, 6.45) is 21.2. The van der Waals surface area contributed by atoms with Gasteiger partial charge in [-0.25, -0.2) is 0 Å². The van der Waals surface area contributed by atoms with Crippen molar-refractivity contribution in [2.75, 3.05) is 0 Å². The SMILES string of the molecule is CC.CCC.CCCC.[2H]C(C)(C)C.[2H]C(C)(C)C.[2H]C([2H])(C)C(C)(C)C.[2H]C([2H])(C)C(C)C.[2H]C([2H])(C)C1CCCC1.[2H]C([2H])(C)C1CCCCC1.[2H]C([2H])(C)CC.[2H]C1(C)CCCC1.[2H]C1(C)CCCCC1. The molecule has 0 saturated heterocycles. The molecule has 4 saturated carbocycles. The maximum absolute atomic E-state index is 7.63. The summed E-state index contributed by atoms with van der Waals surface area (Å²) < 4.78 is 101. The maximum atomic E-state index is 7.63. The Morgan fingerprint density at radius 2 is 0.650 bits per heavy atom. The summed E-state index contributed by atoms with van der Waals surface area (Å²) in [6.45, 7) is 47.3. The molecule has 0 aromatic heterocycles. The molecule has 0 N–H and O–H groups in total. The lowest BCUT2D eigenvalue weighted by Gasteiger charge is -2.18. The van der Waals surface area contributed by atoms with Crippen molar-refractivity contribution in [2.24, 2.45) is 46.7 Å². The lowest BCUT2D eigenvalue weighted by Crippen LogP contribution is -2.03. The van der Waals surface area contributed by atoms with Gasteiger partial charge in [0, 0.05) is 19.2 Å². The lowest BCUT2D eigenvalue weighted by molar-refractivity contribution is 0.349. The number of rotatable bonds is 5. The van der Waals surface area contributed by atoms with Crippen LogP contribution in [0.3, 0.4) is 0 Å². The Morgan fingerprint density at radius 3 is 0.750 bits per heavy atom. The zero-order valence-corrected chi connectivity index (χ0v) is 47.3. The van der Waals surface area contributed by atoms with Crippen molar-refractivity contribution in [3.05, 3.63) is 0 Å². The first kappa shape index (κ1) is 47.9. The van der Waals surface area contributed by atoms with Crippen molar-refractivity contribution in [1.82, 2.24) is 0 Å². The minimum absolute atomic E-state index is 0.0556. The fraction of sp³-hybridized carbons (Fsp3) is 1.00. The Balaban J connectivity index is -0.000000109. The van der Waals surface area contributed by atoms with E-state index in [0.29, 0.717) is 18.3 Å². The minimum Gasteiger partial charge on any atom is -0.0683 e. The van der Waals surface area contributed by atoms with Gasteiger partial charge in [0.1, 0.15) is 0 Å². The summed E-state index contributed by atoms with van der Waals surface area (Å²) in [5.41, 5.74) is -0.229. The molecule has 60 heavy (non-hydrogen) atoms. The van der Waals surface area contributed by atoms with Crippen LogP contribution in [0.2, 0.25) is 0 Å². The van der Waals surface area contributed by atoms with E-state index in [1.165, 1.54) is 83.5 Å². The predicted octanol–water partition coefficient (Wildman–Crippen LogP) is 24.2. The molecule has 0 radical (unpaired) electrons. The molecule has 4 aliphatic carbocycles. The average molecular weight is 872 g/mol. The molecule has 4 fully saturated rings. The van der Waals surface area contributed by atoms with Gasteiger partial charge in [0.25, 0.3) is 0 Å². The number of unbranched alkanes of at least 4 members (excludes halogenated alkanes) is 1. The number of hydrogen-bond acceptors (Lipinski definition) is 0. The average Bonchev–Trinajstić information content (AvgIpc) is 3.90. The van der Waals surface area contributed by atoms with Gasteiger partial charge in [0.05, 0.1) is 0 Å². The van der Waals surface area contributed by atoms with E-state index in [0.717, 1.165) is 51.4 Å². The molecule has 0 amide bonds. The van der Waals surface area contributed by atoms with Gasteiger partial charge in [-0.3, -0.25) is 0 Å². The molecule has 0 atom stereocenters. The quantitative estimate of drug-likeness (QED) is 0.258. The summed E-state index contributed by atoms with van der Waals surface area (Å²) in [4.78, 5) is 0. The second-order valence-corrected chi connectivity index (χ2v) is 18.9. The van der Waals surface area contributed by atoms with Crippen LogP contribution in [0.5, 0.6) is 0 Å². The van der Waals surface area contributed by atoms with Crippen molar-refractivity contribution < 1.29 is 19.2 Å². The zero-order chi connectivity index (χ0) is 61.3. The smallest absolute Gasteiger partial charge is 0.0300 e. The van der Waals surface area contributed by atoms with Gasteiger partial charge in [-0.05, 0) is 46.7 Å². The van der Waals surface area contributed by atoms with Gasteiger partial charge in [-0.15, -0.1) is 0 Å². The molecular weight excluding hydrogens is 721 g/mol. The lowest BCUT2D eigenvalue weighted by atomic mass is 9.88. The molecule has 4 aliphatic rings. The van der Waals surface area contributed by atoms with E-state index in [1.807, 2.05) is 111 Å². The first-order valence-electron chi connectivity index (χ1n) is 32.7. The summed E-state index contributed by atoms with van der Waals surface area (Å²) in [5.74, 6) is 0.185. The van der Waals surface area contributed by atoms with Gasteiger partial charge < -0.3 is 0 Å². The molecule has 0 aliphatic heterocycles. The van der Waals surface area contributed by atoms with Crippen LogP contribution in [0, 0.1) is 46.7 Å². The first-order valence-corrected chi connectivity index (χ1v) is 25.7. The third-order valence-corrected chi connectivity index (χ3v) is 9.12. The summed E-state index contributed by atoms with van der Waals surface area (Å²) in [5, 5.41) is 0. The molecule has 0 aromatic rings. The Labute approximate surface area is 411 Å². The Kier molecular flexibility index (Phi) is 54.4. The van der Waals surface area contributed by atoms with E-state index < -0.39 is 31.9 Å². The van der Waals surface area contributed by atoms with Crippen LogP contribution in [-0.2, 0) is 0 Å². The molecule has 0 bridgehead atoms. The van der Waals surface area contributed by atoms with Crippen LogP contribution in [0.4, 0.5) is 0 Å². The maximum Gasteiger partial charge on any atom is 0.0300 e. The van der Waals surface area contributed by atoms with Crippen molar-refractivity contribution in [3.63, 3.8) is 0 Å². The Morgan fingerprint density at radius 1 is 0.467 bits per heavy atom. The second kappa shape index (κ2) is 68.1. The highest BCUT2D eigenvalue weighted by atomic mass is 14.2. The van der Waals surface area contributed by atoms with Gasteiger partial charge >= 0.3 is 0 Å². The van der Waals surface area contributed by atoms with Gasteiger partial charge in [0.15, 0.2) is 0 Å². The predicted molar refractivity (Wildman–Crippen MR) is 293 cm³/mol. The second-order valence-electron chi connectivity index (χ2n) is 18.9. The molecule has 0 nitrogen and oxygen atoms in total. The van der Waals surface area contributed by atoms with E-state index in [9.17, 15) is 0 Å². The summed E-state index contributed by atoms with van der Waals surface area (Å²) >= 11 is 0. The van der Waals surface area contributed by atoms with Crippen LogP contribution in [0.25, 0.3) is 0 Å². The molecule has 0 aromatic carbocycles. The van der Waals surface area contributed by atoms with Crippen LogP contribution >= 0.6 is 0 Å². The van der Waals surface area contributed by atoms with Crippen molar-refractivity contribution in [3.8, 4) is 0 Å². The van der Waals surface area contributed by atoms with Gasteiger partial charge in [-0.2, -0.15) is 0 Å². The van der Waals surface area contributed by atoms with Crippen LogP contribution in [0.1, 0.15) is 365 Å². The van der Waals surface area contributed by atoms with Crippen molar-refractivity contribution >= 4 is 0 Å². The fourth-order valence-electron chi connectivity index (χ4n) is 4.74. The molecule has 0 heterocycles. The summed E-state index contributed by atoms with van der Waals surface area (Å²) in [7, 11) is 0. The third-order valence-electron chi connectivity index (χ3n) is 9.12. The normalized spacial score (nSPS) is 22.0. The third kappa shape index (κ3) is 112. The van der Waals surface area contributed by atoms with E-state index in [2.05, 4.69) is 27.7 Å². The largest absolute Gasteiger partial charge is 0.0683 e. The summed E-state index contributed by atoms with van der Waals surface area (Å²) in [6, 6.07) is 0. The highest BCUT2D eigenvalue weighted by molar-refractivity contribution is 4.65. The Hall–Kier alpha value is 0. The topological polar surface area (TPSA) is 0 Å². The molecule has 4 rings (SSSR count). The van der Waals surface area contributed by atoms with Crippen molar-refractivity contribution in [1.29, 1.82) is 0 Å². The van der Waals surface area contributed by atoms with Crippen LogP contribution in [0.15, 0.2) is 0 Å².